The van der Waals surface area contributed by atoms with Gasteiger partial charge in [0.15, 0.2) is 5.84 Å². The van der Waals surface area contributed by atoms with Gasteiger partial charge in [-0.15, -0.1) is 0 Å². The fourth-order valence-corrected chi connectivity index (χ4v) is 2.18. The molecule has 8 heteroatoms. The Kier molecular flexibility index (Phi) is 4.46. The van der Waals surface area contributed by atoms with Crippen molar-refractivity contribution in [1.82, 2.24) is 20.0 Å². The van der Waals surface area contributed by atoms with Gasteiger partial charge in [-0.1, -0.05) is 5.16 Å². The Labute approximate surface area is 116 Å². The number of piperazine rings is 1. The Hall–Kier alpha value is -2.22. The number of rotatable bonds is 3. The van der Waals surface area contributed by atoms with Crippen LogP contribution >= 0.6 is 0 Å². The van der Waals surface area contributed by atoms with Crippen molar-refractivity contribution in [2.75, 3.05) is 26.2 Å². The number of carbonyl (C=O) groups is 1. The van der Waals surface area contributed by atoms with Crippen LogP contribution in [0.3, 0.4) is 0 Å². The second kappa shape index (κ2) is 6.29. The van der Waals surface area contributed by atoms with Gasteiger partial charge in [0.1, 0.15) is 0 Å². The third-order valence-electron chi connectivity index (χ3n) is 3.52. The van der Waals surface area contributed by atoms with Crippen molar-refractivity contribution in [1.29, 1.82) is 0 Å². The van der Waals surface area contributed by atoms with Gasteiger partial charge in [0.25, 0.3) is 5.91 Å². The molecule has 1 saturated heterocycles. The largest absolute Gasteiger partial charge is 0.409 e. The Balaban J connectivity index is 1.93. The van der Waals surface area contributed by atoms with Crippen molar-refractivity contribution in [3.8, 4) is 0 Å². The summed E-state index contributed by atoms with van der Waals surface area (Å²) < 4.78 is 0. The molecular weight excluding hydrogens is 260 g/mol. The smallest absolute Gasteiger partial charge is 0.255 e. The van der Waals surface area contributed by atoms with Crippen LogP contribution in [0, 0.1) is 0 Å². The molecule has 1 aromatic heterocycles. The van der Waals surface area contributed by atoms with Crippen LogP contribution in [0.5, 0.6) is 0 Å². The van der Waals surface area contributed by atoms with Crippen molar-refractivity contribution in [3.63, 3.8) is 0 Å². The van der Waals surface area contributed by atoms with E-state index >= 15 is 0 Å². The number of amidine groups is 1. The molecule has 1 amide bonds. The second-order valence-corrected chi connectivity index (χ2v) is 4.66. The molecule has 2 rings (SSSR count). The first-order valence-corrected chi connectivity index (χ1v) is 6.41. The van der Waals surface area contributed by atoms with Crippen molar-refractivity contribution in [2.24, 2.45) is 10.9 Å². The molecule has 2 heterocycles. The number of nitrogens with two attached hydrogens (primary N) is 1. The van der Waals surface area contributed by atoms with E-state index in [2.05, 4.69) is 20.3 Å². The molecule has 1 aliphatic heterocycles. The monoisotopic (exact) mass is 278 g/mol. The molecule has 3 N–H and O–H groups in total. The number of hydrogen-bond donors (Lipinski definition) is 2. The van der Waals surface area contributed by atoms with Gasteiger partial charge in [-0.25, -0.2) is 0 Å². The molecule has 1 fully saturated rings. The summed E-state index contributed by atoms with van der Waals surface area (Å²) in [5.74, 6) is 0.138. The van der Waals surface area contributed by atoms with Gasteiger partial charge < -0.3 is 15.8 Å². The fourth-order valence-electron chi connectivity index (χ4n) is 2.18. The van der Waals surface area contributed by atoms with E-state index in [0.29, 0.717) is 31.7 Å². The number of oxime groups is 1. The molecule has 20 heavy (non-hydrogen) atoms. The average molecular weight is 278 g/mol. The minimum absolute atomic E-state index is 0.0454. The molecule has 0 bridgehead atoms. The summed E-state index contributed by atoms with van der Waals surface area (Å²) >= 11 is 0. The van der Waals surface area contributed by atoms with E-state index in [0.717, 1.165) is 0 Å². The summed E-state index contributed by atoms with van der Waals surface area (Å²) in [6.07, 6.45) is 2.97. The highest BCUT2D eigenvalue weighted by molar-refractivity contribution is 5.93. The highest BCUT2D eigenvalue weighted by Gasteiger charge is 2.26. The van der Waals surface area contributed by atoms with Gasteiger partial charge in [-0.3, -0.25) is 9.69 Å². The predicted molar refractivity (Wildman–Crippen MR) is 72.4 cm³/mol. The van der Waals surface area contributed by atoms with Crippen LogP contribution < -0.4 is 5.73 Å². The zero-order valence-electron chi connectivity index (χ0n) is 11.3. The zero-order chi connectivity index (χ0) is 14.5. The molecule has 0 radical (unpaired) electrons. The van der Waals surface area contributed by atoms with E-state index in [-0.39, 0.29) is 17.8 Å². The predicted octanol–water partition coefficient (Wildman–Crippen LogP) is -0.631. The van der Waals surface area contributed by atoms with Crippen LogP contribution in [0.25, 0.3) is 0 Å². The minimum atomic E-state index is -0.139. The maximum Gasteiger partial charge on any atom is 0.255 e. The lowest BCUT2D eigenvalue weighted by Crippen LogP contribution is -2.54. The Bertz CT molecular complexity index is 484. The average Bonchev–Trinajstić information content (AvgIpc) is 2.53. The number of hydrogen-bond acceptors (Lipinski definition) is 6. The van der Waals surface area contributed by atoms with Crippen LogP contribution in [0.2, 0.25) is 0 Å². The normalized spacial score (nSPS) is 18.9. The van der Waals surface area contributed by atoms with E-state index in [4.69, 9.17) is 10.9 Å². The van der Waals surface area contributed by atoms with Crippen LogP contribution in [-0.4, -0.2) is 69.2 Å². The zero-order valence-corrected chi connectivity index (χ0v) is 11.3. The van der Waals surface area contributed by atoms with E-state index in [9.17, 15) is 4.79 Å². The van der Waals surface area contributed by atoms with Crippen LogP contribution in [0.4, 0.5) is 0 Å². The van der Waals surface area contributed by atoms with Crippen molar-refractivity contribution in [3.05, 3.63) is 24.0 Å². The summed E-state index contributed by atoms with van der Waals surface area (Å²) in [7, 11) is 0. The highest BCUT2D eigenvalue weighted by atomic mass is 16.4. The molecule has 1 atom stereocenters. The van der Waals surface area contributed by atoms with Crippen molar-refractivity contribution >= 4 is 11.7 Å². The van der Waals surface area contributed by atoms with Gasteiger partial charge in [0.05, 0.1) is 24.0 Å². The van der Waals surface area contributed by atoms with Crippen molar-refractivity contribution in [2.45, 2.75) is 13.0 Å². The van der Waals surface area contributed by atoms with Crippen LogP contribution in [0.1, 0.15) is 17.3 Å². The number of aromatic nitrogens is 2. The molecular formula is C12H18N6O2. The SMILES string of the molecule is CC(/C(N)=N/O)N1CCN(C(=O)c2ccnnc2)CC1. The quantitative estimate of drug-likeness (QED) is 0.330. The molecule has 108 valence electrons. The number of nitrogens with zero attached hydrogens (tertiary/aromatic N) is 5. The van der Waals surface area contributed by atoms with Gasteiger partial charge in [-0.05, 0) is 13.0 Å². The third-order valence-corrected chi connectivity index (χ3v) is 3.52. The molecule has 8 nitrogen and oxygen atoms in total. The molecule has 0 spiro atoms. The summed E-state index contributed by atoms with van der Waals surface area (Å²) in [5.41, 5.74) is 6.14. The Morgan fingerprint density at radius 2 is 2.10 bits per heavy atom. The first kappa shape index (κ1) is 14.2. The minimum Gasteiger partial charge on any atom is -0.409 e. The summed E-state index contributed by atoms with van der Waals surface area (Å²) in [4.78, 5) is 16.1. The highest BCUT2D eigenvalue weighted by Crippen LogP contribution is 2.10. The lowest BCUT2D eigenvalue weighted by atomic mass is 10.2. The Morgan fingerprint density at radius 3 is 2.65 bits per heavy atom. The molecule has 1 aromatic rings. The van der Waals surface area contributed by atoms with E-state index in [1.54, 1.807) is 11.0 Å². The molecule has 1 unspecified atom stereocenters. The number of amides is 1. The lowest BCUT2D eigenvalue weighted by molar-refractivity contribution is 0.0618. The van der Waals surface area contributed by atoms with Gasteiger partial charge in [0, 0.05) is 26.2 Å². The Morgan fingerprint density at radius 1 is 1.40 bits per heavy atom. The first-order valence-electron chi connectivity index (χ1n) is 6.41. The maximum absolute atomic E-state index is 12.2. The molecule has 1 aliphatic rings. The third kappa shape index (κ3) is 3.02. The number of carbonyl (C=O) groups excluding carboxylic acids is 1. The fraction of sp³-hybridized carbons (Fsp3) is 0.500. The van der Waals surface area contributed by atoms with Crippen LogP contribution in [0.15, 0.2) is 23.6 Å². The molecule has 0 aromatic carbocycles. The topological polar surface area (TPSA) is 108 Å². The van der Waals surface area contributed by atoms with Crippen LogP contribution in [-0.2, 0) is 0 Å². The van der Waals surface area contributed by atoms with E-state index < -0.39 is 0 Å². The van der Waals surface area contributed by atoms with Gasteiger partial charge in [0.2, 0.25) is 0 Å². The summed E-state index contributed by atoms with van der Waals surface area (Å²) in [5, 5.41) is 19.1. The van der Waals surface area contributed by atoms with E-state index in [1.807, 2.05) is 6.92 Å². The maximum atomic E-state index is 12.2. The molecule has 0 saturated carbocycles. The van der Waals surface area contributed by atoms with E-state index in [1.165, 1.54) is 12.4 Å². The summed E-state index contributed by atoms with van der Waals surface area (Å²) in [6.45, 7) is 4.44. The molecule has 0 aliphatic carbocycles. The summed E-state index contributed by atoms with van der Waals surface area (Å²) in [6, 6.07) is 1.51. The first-order chi connectivity index (χ1) is 9.63. The van der Waals surface area contributed by atoms with Gasteiger partial charge >= 0.3 is 0 Å². The lowest BCUT2D eigenvalue weighted by Gasteiger charge is -2.37. The standard InChI is InChI=1S/C12H18N6O2/c1-9(11(13)16-20)17-4-6-18(7-5-17)12(19)10-2-3-14-15-8-10/h2-3,8-9,20H,4-7H2,1H3,(H2,13,16). The second-order valence-electron chi connectivity index (χ2n) is 4.66. The van der Waals surface area contributed by atoms with Crippen molar-refractivity contribution < 1.29 is 10.0 Å². The van der Waals surface area contributed by atoms with Gasteiger partial charge in [-0.2, -0.15) is 10.2 Å².